The molecule has 2 aromatic carbocycles. The number of fused-ring (bicyclic) bond motifs is 1. The molecule has 0 saturated heterocycles. The smallest absolute Gasteiger partial charge is 0.306 e. The number of amides is 1. The first-order chi connectivity index (χ1) is 13.6. The minimum absolute atomic E-state index is 0.280. The van der Waals surface area contributed by atoms with Crippen molar-refractivity contribution < 1.29 is 14.3 Å². The Kier molecular flexibility index (Phi) is 6.48. The van der Waals surface area contributed by atoms with Crippen molar-refractivity contribution >= 4 is 28.5 Å². The van der Waals surface area contributed by atoms with E-state index in [0.717, 1.165) is 18.4 Å². The van der Waals surface area contributed by atoms with Crippen LogP contribution < -0.4 is 5.32 Å². The predicted octanol–water partition coefficient (Wildman–Crippen LogP) is 4.62. The number of benzene rings is 2. The molecule has 3 rings (SSSR count). The van der Waals surface area contributed by atoms with Crippen LogP contribution in [0.15, 0.2) is 54.7 Å². The second-order valence-electron chi connectivity index (χ2n) is 6.88. The molecule has 5 nitrogen and oxygen atoms in total. The molecule has 3 aromatic rings. The van der Waals surface area contributed by atoms with Gasteiger partial charge in [0.1, 0.15) is 0 Å². The first-order valence-electron chi connectivity index (χ1n) is 9.71. The van der Waals surface area contributed by atoms with E-state index < -0.39 is 6.10 Å². The summed E-state index contributed by atoms with van der Waals surface area (Å²) in [6.45, 7) is 3.67. The third-order valence-electron chi connectivity index (χ3n) is 4.81. The highest BCUT2D eigenvalue weighted by molar-refractivity contribution is 5.95. The number of carbonyl (C=O) groups excluding carboxylic acids is 2. The highest BCUT2D eigenvalue weighted by Crippen LogP contribution is 2.19. The first kappa shape index (κ1) is 19.7. The van der Waals surface area contributed by atoms with Gasteiger partial charge in [0.2, 0.25) is 0 Å². The van der Waals surface area contributed by atoms with Crippen LogP contribution in [0.1, 0.15) is 37.8 Å². The molecule has 5 heteroatoms. The first-order valence-corrected chi connectivity index (χ1v) is 9.71. The van der Waals surface area contributed by atoms with Crippen LogP contribution in [0.5, 0.6) is 0 Å². The van der Waals surface area contributed by atoms with Crippen molar-refractivity contribution in [3.63, 3.8) is 0 Å². The van der Waals surface area contributed by atoms with E-state index in [4.69, 9.17) is 4.74 Å². The van der Waals surface area contributed by atoms with Crippen molar-refractivity contribution in [1.29, 1.82) is 0 Å². The van der Waals surface area contributed by atoms with Gasteiger partial charge < -0.3 is 15.0 Å². The summed E-state index contributed by atoms with van der Waals surface area (Å²) in [5, 5.41) is 3.96. The number of rotatable bonds is 8. The second-order valence-corrected chi connectivity index (χ2v) is 6.88. The summed E-state index contributed by atoms with van der Waals surface area (Å²) in [6, 6.07) is 15.7. The summed E-state index contributed by atoms with van der Waals surface area (Å²) in [5.74, 6) is -0.682. The Morgan fingerprint density at radius 2 is 1.86 bits per heavy atom. The third kappa shape index (κ3) is 5.00. The lowest BCUT2D eigenvalue weighted by Gasteiger charge is -2.13. The standard InChI is InChI=1S/C23H26N2O3/c1-3-17-11-13-19(14-12-17)25-23(27)16(2)28-22(26)10-6-7-18-15-24-21-9-5-4-8-20(18)21/h4-5,8-9,11-16,24H,3,6-7,10H2,1-2H3,(H,25,27)/t16-/m1/s1. The highest BCUT2D eigenvalue weighted by atomic mass is 16.5. The van der Waals surface area contributed by atoms with E-state index in [1.165, 1.54) is 16.5 Å². The van der Waals surface area contributed by atoms with E-state index in [9.17, 15) is 9.59 Å². The van der Waals surface area contributed by atoms with Crippen LogP contribution in [0.3, 0.4) is 0 Å². The summed E-state index contributed by atoms with van der Waals surface area (Å²) < 4.78 is 5.28. The zero-order chi connectivity index (χ0) is 19.9. The number of aromatic amines is 1. The molecule has 1 amide bonds. The number of para-hydroxylation sites is 1. The number of aromatic nitrogens is 1. The average Bonchev–Trinajstić information content (AvgIpc) is 3.11. The maximum Gasteiger partial charge on any atom is 0.306 e. The minimum atomic E-state index is -0.827. The molecule has 1 aromatic heterocycles. The van der Waals surface area contributed by atoms with Crippen LogP contribution >= 0.6 is 0 Å². The van der Waals surface area contributed by atoms with Crippen molar-refractivity contribution in [2.75, 3.05) is 5.32 Å². The second kappa shape index (κ2) is 9.22. The quantitative estimate of drug-likeness (QED) is 0.562. The molecular formula is C23H26N2O3. The maximum absolute atomic E-state index is 12.2. The topological polar surface area (TPSA) is 71.2 Å². The van der Waals surface area contributed by atoms with E-state index in [1.807, 2.05) is 48.7 Å². The molecule has 0 spiro atoms. The van der Waals surface area contributed by atoms with Crippen molar-refractivity contribution in [2.24, 2.45) is 0 Å². The van der Waals surface area contributed by atoms with Crippen LogP contribution in [-0.4, -0.2) is 23.0 Å². The van der Waals surface area contributed by atoms with Gasteiger partial charge in [0.25, 0.3) is 5.91 Å². The predicted molar refractivity (Wildman–Crippen MR) is 111 cm³/mol. The van der Waals surface area contributed by atoms with E-state index in [1.54, 1.807) is 6.92 Å². The van der Waals surface area contributed by atoms with E-state index in [0.29, 0.717) is 12.1 Å². The number of H-pyrrole nitrogens is 1. The van der Waals surface area contributed by atoms with Crippen LogP contribution in [-0.2, 0) is 27.2 Å². The summed E-state index contributed by atoms with van der Waals surface area (Å²) in [5.41, 5.74) is 4.18. The number of ether oxygens (including phenoxy) is 1. The molecule has 146 valence electrons. The van der Waals surface area contributed by atoms with Crippen molar-refractivity contribution in [3.8, 4) is 0 Å². The van der Waals surface area contributed by atoms with Crippen molar-refractivity contribution in [1.82, 2.24) is 4.98 Å². The van der Waals surface area contributed by atoms with Gasteiger partial charge in [-0.05, 0) is 55.5 Å². The molecule has 1 atom stereocenters. The SMILES string of the molecule is CCc1ccc(NC(=O)[C@@H](C)OC(=O)CCCc2c[nH]c3ccccc23)cc1. The maximum atomic E-state index is 12.2. The Morgan fingerprint density at radius 3 is 2.61 bits per heavy atom. The van der Waals surface area contributed by atoms with Crippen LogP contribution in [0.25, 0.3) is 10.9 Å². The van der Waals surface area contributed by atoms with Crippen molar-refractivity contribution in [2.45, 2.75) is 45.6 Å². The molecule has 1 heterocycles. The molecular weight excluding hydrogens is 352 g/mol. The zero-order valence-corrected chi connectivity index (χ0v) is 16.3. The number of hydrogen-bond donors (Lipinski definition) is 2. The van der Waals surface area contributed by atoms with Crippen LogP contribution in [0, 0.1) is 0 Å². The van der Waals surface area contributed by atoms with Crippen LogP contribution in [0.2, 0.25) is 0 Å². The lowest BCUT2D eigenvalue weighted by Crippen LogP contribution is -2.29. The fraction of sp³-hybridized carbons (Fsp3) is 0.304. The fourth-order valence-electron chi connectivity index (χ4n) is 3.14. The van der Waals surface area contributed by atoms with Gasteiger partial charge in [-0.15, -0.1) is 0 Å². The number of carbonyl (C=O) groups is 2. The largest absolute Gasteiger partial charge is 0.453 e. The monoisotopic (exact) mass is 378 g/mol. The number of anilines is 1. The molecule has 2 N–H and O–H groups in total. The molecule has 0 bridgehead atoms. The number of hydrogen-bond acceptors (Lipinski definition) is 3. The van der Waals surface area contributed by atoms with E-state index in [-0.39, 0.29) is 18.3 Å². The Morgan fingerprint density at radius 1 is 1.11 bits per heavy atom. The van der Waals surface area contributed by atoms with Crippen molar-refractivity contribution in [3.05, 3.63) is 65.9 Å². The van der Waals surface area contributed by atoms with E-state index in [2.05, 4.69) is 23.3 Å². The van der Waals surface area contributed by atoms with Gasteiger partial charge in [-0.25, -0.2) is 0 Å². The molecule has 0 aliphatic carbocycles. The van der Waals surface area contributed by atoms with E-state index >= 15 is 0 Å². The molecule has 0 aliphatic rings. The Balaban J connectivity index is 1.43. The third-order valence-corrected chi connectivity index (χ3v) is 4.81. The van der Waals surface area contributed by atoms with Gasteiger partial charge in [0.15, 0.2) is 6.10 Å². The van der Waals surface area contributed by atoms with Gasteiger partial charge in [-0.1, -0.05) is 37.3 Å². The number of esters is 1. The molecule has 28 heavy (non-hydrogen) atoms. The fourth-order valence-corrected chi connectivity index (χ4v) is 3.14. The van der Waals surface area contributed by atoms with Gasteiger partial charge >= 0.3 is 5.97 Å². The highest BCUT2D eigenvalue weighted by Gasteiger charge is 2.18. The molecule has 0 saturated carbocycles. The lowest BCUT2D eigenvalue weighted by molar-refractivity contribution is -0.153. The molecule has 0 aliphatic heterocycles. The average molecular weight is 378 g/mol. The summed E-state index contributed by atoms with van der Waals surface area (Å²) >= 11 is 0. The normalized spacial score (nSPS) is 11.9. The Bertz CT molecular complexity index is 944. The molecule has 0 radical (unpaired) electrons. The van der Waals surface area contributed by atoms with Gasteiger partial charge in [0.05, 0.1) is 0 Å². The Hall–Kier alpha value is -3.08. The Labute approximate surface area is 165 Å². The van der Waals surface area contributed by atoms with Gasteiger partial charge in [-0.3, -0.25) is 9.59 Å². The summed E-state index contributed by atoms with van der Waals surface area (Å²) in [7, 11) is 0. The summed E-state index contributed by atoms with van der Waals surface area (Å²) in [4.78, 5) is 27.5. The van der Waals surface area contributed by atoms with Gasteiger partial charge in [0, 0.05) is 29.2 Å². The molecule has 0 fully saturated rings. The summed E-state index contributed by atoms with van der Waals surface area (Å²) in [6.07, 6.45) is 3.84. The minimum Gasteiger partial charge on any atom is -0.453 e. The zero-order valence-electron chi connectivity index (χ0n) is 16.3. The lowest BCUT2D eigenvalue weighted by atomic mass is 10.1. The van der Waals surface area contributed by atoms with Gasteiger partial charge in [-0.2, -0.15) is 0 Å². The number of aryl methyl sites for hydroxylation is 2. The van der Waals surface area contributed by atoms with Crippen LogP contribution in [0.4, 0.5) is 5.69 Å². The number of nitrogens with one attached hydrogen (secondary N) is 2. The molecule has 0 unspecified atom stereocenters.